The van der Waals surface area contributed by atoms with E-state index in [0.29, 0.717) is 21.7 Å². The number of rotatable bonds is 5. The summed E-state index contributed by atoms with van der Waals surface area (Å²) >= 11 is 6.76. The third-order valence-corrected chi connectivity index (χ3v) is 5.77. The molecule has 0 spiro atoms. The van der Waals surface area contributed by atoms with Crippen LogP contribution in [0.3, 0.4) is 0 Å². The van der Waals surface area contributed by atoms with Gasteiger partial charge in [0.2, 0.25) is 5.88 Å². The number of anilines is 1. The standard InChI is InChI=1S/C14H10ClN3O3S2/c15-12-4-5-14(22-12)23(19,20)18-10-2-1-3-11(8-10)21-13-9-16-6-7-17-13/h1-9,18H. The zero-order valence-corrected chi connectivity index (χ0v) is 13.9. The smallest absolute Gasteiger partial charge is 0.271 e. The van der Waals surface area contributed by atoms with Crippen molar-refractivity contribution in [1.29, 1.82) is 0 Å². The second-order valence-electron chi connectivity index (χ2n) is 4.34. The Hall–Kier alpha value is -2.16. The number of hydrogen-bond donors (Lipinski definition) is 1. The maximum Gasteiger partial charge on any atom is 0.271 e. The van der Waals surface area contributed by atoms with Gasteiger partial charge in [-0.05, 0) is 24.3 Å². The Morgan fingerprint density at radius 3 is 2.74 bits per heavy atom. The SMILES string of the molecule is O=S(=O)(Nc1cccc(Oc2cnccn2)c1)c1ccc(Cl)s1. The summed E-state index contributed by atoms with van der Waals surface area (Å²) < 4.78 is 33.1. The number of ether oxygens (including phenoxy) is 1. The molecule has 0 atom stereocenters. The zero-order chi connectivity index (χ0) is 16.3. The van der Waals surface area contributed by atoms with Gasteiger partial charge in [0, 0.05) is 18.5 Å². The highest BCUT2D eigenvalue weighted by Gasteiger charge is 2.17. The Bertz CT molecular complexity index is 914. The number of hydrogen-bond acceptors (Lipinski definition) is 6. The van der Waals surface area contributed by atoms with Crippen molar-refractivity contribution in [1.82, 2.24) is 9.97 Å². The topological polar surface area (TPSA) is 81.2 Å². The van der Waals surface area contributed by atoms with E-state index in [1.807, 2.05) is 0 Å². The highest BCUT2D eigenvalue weighted by atomic mass is 35.5. The summed E-state index contributed by atoms with van der Waals surface area (Å²) in [5.41, 5.74) is 0.371. The van der Waals surface area contributed by atoms with Crippen LogP contribution in [0.1, 0.15) is 0 Å². The summed E-state index contributed by atoms with van der Waals surface area (Å²) in [5.74, 6) is 0.757. The van der Waals surface area contributed by atoms with E-state index in [1.165, 1.54) is 30.7 Å². The largest absolute Gasteiger partial charge is 0.437 e. The summed E-state index contributed by atoms with van der Waals surface area (Å²) in [6.45, 7) is 0. The molecule has 0 fully saturated rings. The molecule has 0 unspecified atom stereocenters. The van der Waals surface area contributed by atoms with Gasteiger partial charge in [0.1, 0.15) is 9.96 Å². The van der Waals surface area contributed by atoms with E-state index in [2.05, 4.69) is 14.7 Å². The molecule has 23 heavy (non-hydrogen) atoms. The van der Waals surface area contributed by atoms with Crippen molar-refractivity contribution in [2.75, 3.05) is 4.72 Å². The Labute approximate surface area is 141 Å². The number of thiophene rings is 1. The molecule has 118 valence electrons. The molecule has 3 aromatic rings. The van der Waals surface area contributed by atoms with Crippen LogP contribution in [0, 0.1) is 0 Å². The van der Waals surface area contributed by atoms with Gasteiger partial charge in [-0.2, -0.15) is 0 Å². The van der Waals surface area contributed by atoms with E-state index in [9.17, 15) is 8.42 Å². The van der Waals surface area contributed by atoms with Crippen molar-refractivity contribution < 1.29 is 13.2 Å². The Morgan fingerprint density at radius 2 is 2.04 bits per heavy atom. The van der Waals surface area contributed by atoms with Crippen molar-refractivity contribution in [3.63, 3.8) is 0 Å². The minimum absolute atomic E-state index is 0.141. The zero-order valence-electron chi connectivity index (χ0n) is 11.5. The summed E-state index contributed by atoms with van der Waals surface area (Å²) in [4.78, 5) is 7.89. The van der Waals surface area contributed by atoms with E-state index < -0.39 is 10.0 Å². The van der Waals surface area contributed by atoms with Crippen molar-refractivity contribution in [3.05, 3.63) is 59.3 Å². The second kappa shape index (κ2) is 6.53. The maximum absolute atomic E-state index is 12.3. The van der Waals surface area contributed by atoms with Crippen LogP contribution in [-0.2, 0) is 10.0 Å². The molecule has 0 saturated heterocycles. The quantitative estimate of drug-likeness (QED) is 0.742. The monoisotopic (exact) mass is 367 g/mol. The van der Waals surface area contributed by atoms with Gasteiger partial charge in [0.05, 0.1) is 16.2 Å². The van der Waals surface area contributed by atoms with Gasteiger partial charge < -0.3 is 4.74 Å². The van der Waals surface area contributed by atoms with Gasteiger partial charge in [-0.15, -0.1) is 11.3 Å². The lowest BCUT2D eigenvalue weighted by Crippen LogP contribution is -2.11. The fraction of sp³-hybridized carbons (Fsp3) is 0. The first-order valence-corrected chi connectivity index (χ1v) is 9.03. The summed E-state index contributed by atoms with van der Waals surface area (Å²) in [5, 5.41) is 0. The number of aromatic nitrogens is 2. The molecule has 0 bridgehead atoms. The van der Waals surface area contributed by atoms with Gasteiger partial charge in [-0.1, -0.05) is 17.7 Å². The van der Waals surface area contributed by atoms with E-state index in [4.69, 9.17) is 16.3 Å². The fourth-order valence-electron chi connectivity index (χ4n) is 1.73. The molecule has 1 N–H and O–H groups in total. The highest BCUT2D eigenvalue weighted by Crippen LogP contribution is 2.28. The number of halogens is 1. The molecule has 6 nitrogen and oxygen atoms in total. The van der Waals surface area contributed by atoms with E-state index in [-0.39, 0.29) is 4.21 Å². The Balaban J connectivity index is 1.80. The number of benzene rings is 1. The van der Waals surface area contributed by atoms with Crippen molar-refractivity contribution in [2.24, 2.45) is 0 Å². The first kappa shape index (κ1) is 15.7. The number of nitrogens with one attached hydrogen (secondary N) is 1. The van der Waals surface area contributed by atoms with E-state index in [1.54, 1.807) is 24.3 Å². The lowest BCUT2D eigenvalue weighted by atomic mass is 10.3. The van der Waals surface area contributed by atoms with Crippen LogP contribution in [-0.4, -0.2) is 18.4 Å². The second-order valence-corrected chi connectivity index (χ2v) is 7.96. The van der Waals surface area contributed by atoms with Crippen molar-refractivity contribution >= 4 is 38.6 Å². The van der Waals surface area contributed by atoms with E-state index >= 15 is 0 Å². The maximum atomic E-state index is 12.3. The normalized spacial score (nSPS) is 11.2. The van der Waals surface area contributed by atoms with Crippen LogP contribution >= 0.6 is 22.9 Å². The summed E-state index contributed by atoms with van der Waals surface area (Å²) in [6, 6.07) is 9.53. The average molecular weight is 368 g/mol. The molecule has 3 rings (SSSR count). The van der Waals surface area contributed by atoms with Crippen molar-refractivity contribution in [3.8, 4) is 11.6 Å². The number of sulfonamides is 1. The van der Waals surface area contributed by atoms with Crippen LogP contribution in [0.4, 0.5) is 5.69 Å². The molecular weight excluding hydrogens is 358 g/mol. The third-order valence-electron chi connectivity index (χ3n) is 2.66. The number of nitrogens with zero attached hydrogens (tertiary/aromatic N) is 2. The van der Waals surface area contributed by atoms with Crippen molar-refractivity contribution in [2.45, 2.75) is 4.21 Å². The van der Waals surface area contributed by atoms with Crippen LogP contribution in [0.5, 0.6) is 11.6 Å². The minimum Gasteiger partial charge on any atom is -0.437 e. The molecule has 0 aliphatic carbocycles. The van der Waals surface area contributed by atoms with Crippen LogP contribution in [0.15, 0.2) is 59.2 Å². The predicted molar refractivity (Wildman–Crippen MR) is 88.7 cm³/mol. The Kier molecular flexibility index (Phi) is 4.46. The van der Waals surface area contributed by atoms with Crippen LogP contribution in [0.2, 0.25) is 4.34 Å². The molecule has 0 radical (unpaired) electrons. The third kappa shape index (κ3) is 3.98. The molecule has 0 saturated carbocycles. The van der Waals surface area contributed by atoms with E-state index in [0.717, 1.165) is 11.3 Å². The fourth-order valence-corrected chi connectivity index (χ4v) is 4.26. The average Bonchev–Trinajstić information content (AvgIpc) is 2.96. The van der Waals surface area contributed by atoms with Gasteiger partial charge in [-0.3, -0.25) is 9.71 Å². The van der Waals surface area contributed by atoms with Crippen LogP contribution < -0.4 is 9.46 Å². The minimum atomic E-state index is -3.68. The molecule has 1 aromatic carbocycles. The summed E-state index contributed by atoms with van der Waals surface area (Å²) in [6.07, 6.45) is 4.50. The molecule has 0 aliphatic heterocycles. The molecular formula is C14H10ClN3O3S2. The molecule has 0 amide bonds. The van der Waals surface area contributed by atoms with Gasteiger partial charge in [0.25, 0.3) is 10.0 Å². The Morgan fingerprint density at radius 1 is 1.17 bits per heavy atom. The van der Waals surface area contributed by atoms with Gasteiger partial charge in [0.15, 0.2) is 0 Å². The van der Waals surface area contributed by atoms with Gasteiger partial charge in [-0.25, -0.2) is 13.4 Å². The molecule has 0 aliphatic rings. The predicted octanol–water partition coefficient (Wildman–Crippen LogP) is 3.78. The first-order valence-electron chi connectivity index (χ1n) is 6.35. The first-order chi connectivity index (χ1) is 11.0. The summed E-state index contributed by atoms with van der Waals surface area (Å²) in [7, 11) is -3.68. The lowest BCUT2D eigenvalue weighted by Gasteiger charge is -2.08. The van der Waals surface area contributed by atoms with Gasteiger partial charge >= 0.3 is 0 Å². The molecule has 9 heteroatoms. The lowest BCUT2D eigenvalue weighted by molar-refractivity contribution is 0.460. The highest BCUT2D eigenvalue weighted by molar-refractivity contribution is 7.94. The van der Waals surface area contributed by atoms with Crippen LogP contribution in [0.25, 0.3) is 0 Å². The molecule has 2 heterocycles. The molecule has 2 aromatic heterocycles.